The molecule has 0 spiro atoms. The molecule has 0 aromatic heterocycles. The Balaban J connectivity index is 2.48. The second kappa shape index (κ2) is 2.64. The highest BCUT2D eigenvalue weighted by molar-refractivity contribution is 5.78. The summed E-state index contributed by atoms with van der Waals surface area (Å²) < 4.78 is 25.0. The van der Waals surface area contributed by atoms with Gasteiger partial charge in [0, 0.05) is 25.7 Å². The van der Waals surface area contributed by atoms with E-state index in [0.29, 0.717) is 12.8 Å². The first kappa shape index (κ1) is 7.63. The van der Waals surface area contributed by atoms with Crippen molar-refractivity contribution in [2.24, 2.45) is 0 Å². The van der Waals surface area contributed by atoms with E-state index in [2.05, 4.69) is 0 Å². The van der Waals surface area contributed by atoms with Gasteiger partial charge in [0.25, 0.3) is 0 Å². The molecule has 0 amide bonds. The van der Waals surface area contributed by atoms with Crippen LogP contribution in [0.3, 0.4) is 0 Å². The fourth-order valence-electron chi connectivity index (χ4n) is 1.12. The summed E-state index contributed by atoms with van der Waals surface area (Å²) in [5.74, 6) is -2.59. The quantitative estimate of drug-likeness (QED) is 0.481. The van der Waals surface area contributed by atoms with Crippen LogP contribution in [0.1, 0.15) is 32.1 Å². The van der Waals surface area contributed by atoms with Gasteiger partial charge in [0.1, 0.15) is 5.78 Å². The number of carbonyl (C=O) groups is 1. The first-order valence-electron chi connectivity index (χ1n) is 3.50. The van der Waals surface area contributed by atoms with E-state index in [0.717, 1.165) is 0 Å². The largest absolute Gasteiger partial charge is 0.300 e. The lowest BCUT2D eigenvalue weighted by atomic mass is 10.1. The molecule has 0 bridgehead atoms. The van der Waals surface area contributed by atoms with Gasteiger partial charge in [-0.3, -0.25) is 4.79 Å². The smallest absolute Gasteiger partial charge is 0.248 e. The van der Waals surface area contributed by atoms with Gasteiger partial charge < -0.3 is 0 Å². The van der Waals surface area contributed by atoms with Gasteiger partial charge in [0.05, 0.1) is 0 Å². The number of carbonyl (C=O) groups excluding carboxylic acids is 1. The zero-order valence-electron chi connectivity index (χ0n) is 5.70. The highest BCUT2D eigenvalue weighted by atomic mass is 19.3. The van der Waals surface area contributed by atoms with Gasteiger partial charge in [-0.1, -0.05) is 0 Å². The summed E-state index contributed by atoms with van der Waals surface area (Å²) in [6.07, 6.45) is 0.402. The lowest BCUT2D eigenvalue weighted by molar-refractivity contribution is -0.119. The van der Waals surface area contributed by atoms with Crippen molar-refractivity contribution >= 4 is 5.78 Å². The molecule has 1 rings (SSSR count). The summed E-state index contributed by atoms with van der Waals surface area (Å²) in [5, 5.41) is 0. The molecule has 0 aromatic rings. The van der Waals surface area contributed by atoms with Crippen molar-refractivity contribution in [3.63, 3.8) is 0 Å². The maximum absolute atomic E-state index is 12.5. The number of Topliss-reactive ketones (excluding diaryl/α,β-unsaturated/α-hetero) is 1. The van der Waals surface area contributed by atoms with Crippen molar-refractivity contribution in [3.8, 4) is 0 Å². The zero-order chi connectivity index (χ0) is 7.61. The van der Waals surface area contributed by atoms with Crippen LogP contribution in [0, 0.1) is 0 Å². The molecule has 0 atom stereocenters. The summed E-state index contributed by atoms with van der Waals surface area (Å²) in [6, 6.07) is 0. The third kappa shape index (κ3) is 2.05. The van der Waals surface area contributed by atoms with Gasteiger partial charge in [0.2, 0.25) is 5.92 Å². The molecular weight excluding hydrogens is 138 g/mol. The highest BCUT2D eigenvalue weighted by Crippen LogP contribution is 2.30. The van der Waals surface area contributed by atoms with E-state index < -0.39 is 5.92 Å². The van der Waals surface area contributed by atoms with Crippen molar-refractivity contribution in [1.82, 2.24) is 0 Å². The molecule has 1 fully saturated rings. The first-order chi connectivity index (χ1) is 4.60. The fourth-order valence-corrected chi connectivity index (χ4v) is 1.12. The van der Waals surface area contributed by atoms with Crippen LogP contribution in [-0.4, -0.2) is 11.7 Å². The number of halogens is 2. The number of hydrogen-bond acceptors (Lipinski definition) is 1. The molecule has 3 heteroatoms. The predicted molar refractivity (Wildman–Crippen MR) is 33.0 cm³/mol. The van der Waals surface area contributed by atoms with Gasteiger partial charge in [-0.25, -0.2) is 8.78 Å². The predicted octanol–water partition coefficient (Wildman–Crippen LogP) is 2.15. The molecule has 1 aliphatic rings. The summed E-state index contributed by atoms with van der Waals surface area (Å²) in [4.78, 5) is 10.6. The van der Waals surface area contributed by atoms with Gasteiger partial charge in [-0.05, 0) is 6.42 Å². The fraction of sp³-hybridized carbons (Fsp3) is 0.857. The summed E-state index contributed by atoms with van der Waals surface area (Å²) in [7, 11) is 0. The van der Waals surface area contributed by atoms with Gasteiger partial charge in [0.15, 0.2) is 0 Å². The molecule has 0 N–H and O–H groups in total. The molecule has 58 valence electrons. The Labute approximate surface area is 58.4 Å². The number of hydrogen-bond donors (Lipinski definition) is 0. The van der Waals surface area contributed by atoms with Gasteiger partial charge in [-0.15, -0.1) is 0 Å². The highest BCUT2D eigenvalue weighted by Gasteiger charge is 2.31. The van der Waals surface area contributed by atoms with Crippen LogP contribution < -0.4 is 0 Å². The van der Waals surface area contributed by atoms with Crippen LogP contribution in [0.25, 0.3) is 0 Å². The Morgan fingerprint density at radius 1 is 1.20 bits per heavy atom. The maximum Gasteiger partial charge on any atom is 0.248 e. The molecule has 10 heavy (non-hydrogen) atoms. The normalized spacial score (nSPS) is 26.0. The molecule has 1 nitrogen and oxygen atoms in total. The Hall–Kier alpha value is -0.470. The number of ketones is 1. The van der Waals surface area contributed by atoms with E-state index in [4.69, 9.17) is 0 Å². The molecular formula is C7H10F2O. The monoisotopic (exact) mass is 148 g/mol. The number of rotatable bonds is 0. The molecule has 1 aliphatic carbocycles. The van der Waals surface area contributed by atoms with Crippen LogP contribution in [-0.2, 0) is 4.79 Å². The van der Waals surface area contributed by atoms with E-state index in [1.807, 2.05) is 0 Å². The van der Waals surface area contributed by atoms with E-state index in [1.54, 1.807) is 0 Å². The second-order valence-corrected chi connectivity index (χ2v) is 2.75. The second-order valence-electron chi connectivity index (χ2n) is 2.75. The van der Waals surface area contributed by atoms with Gasteiger partial charge in [-0.2, -0.15) is 0 Å². The minimum atomic E-state index is -2.58. The zero-order valence-corrected chi connectivity index (χ0v) is 5.70. The minimum Gasteiger partial charge on any atom is -0.300 e. The van der Waals surface area contributed by atoms with Crippen LogP contribution in [0.15, 0.2) is 0 Å². The minimum absolute atomic E-state index is 0.0165. The van der Waals surface area contributed by atoms with Gasteiger partial charge >= 0.3 is 0 Å². The van der Waals surface area contributed by atoms with Crippen LogP contribution >= 0.6 is 0 Å². The van der Waals surface area contributed by atoms with E-state index in [-0.39, 0.29) is 25.0 Å². The Morgan fingerprint density at radius 3 is 2.60 bits per heavy atom. The molecule has 0 heterocycles. The van der Waals surface area contributed by atoms with E-state index in [1.165, 1.54) is 0 Å². The molecule has 0 unspecified atom stereocenters. The van der Waals surface area contributed by atoms with Crippen LogP contribution in [0.2, 0.25) is 0 Å². The average molecular weight is 148 g/mol. The summed E-state index contributed by atoms with van der Waals surface area (Å²) >= 11 is 0. The van der Waals surface area contributed by atoms with Crippen LogP contribution in [0.4, 0.5) is 8.78 Å². The van der Waals surface area contributed by atoms with E-state index >= 15 is 0 Å². The Bertz CT molecular complexity index is 143. The average Bonchev–Trinajstić information content (AvgIpc) is 1.94. The molecule has 0 radical (unpaired) electrons. The van der Waals surface area contributed by atoms with Crippen LogP contribution in [0.5, 0.6) is 0 Å². The SMILES string of the molecule is O=C1CCCC(F)(F)CC1. The van der Waals surface area contributed by atoms with Crippen molar-refractivity contribution in [2.45, 2.75) is 38.0 Å². The van der Waals surface area contributed by atoms with Crippen molar-refractivity contribution in [1.29, 1.82) is 0 Å². The lowest BCUT2D eigenvalue weighted by Crippen LogP contribution is -2.13. The standard InChI is InChI=1S/C7H10F2O/c8-7(9)4-1-2-6(10)3-5-7/h1-5H2. The number of alkyl halides is 2. The van der Waals surface area contributed by atoms with Crippen molar-refractivity contribution < 1.29 is 13.6 Å². The lowest BCUT2D eigenvalue weighted by Gasteiger charge is -2.10. The summed E-state index contributed by atoms with van der Waals surface area (Å²) in [5.41, 5.74) is 0. The van der Waals surface area contributed by atoms with E-state index in [9.17, 15) is 13.6 Å². The molecule has 0 aromatic carbocycles. The van der Waals surface area contributed by atoms with Crippen molar-refractivity contribution in [3.05, 3.63) is 0 Å². The summed E-state index contributed by atoms with van der Waals surface area (Å²) in [6.45, 7) is 0. The topological polar surface area (TPSA) is 17.1 Å². The molecule has 0 saturated heterocycles. The Morgan fingerprint density at radius 2 is 1.90 bits per heavy atom. The maximum atomic E-state index is 12.5. The third-order valence-electron chi connectivity index (χ3n) is 1.77. The Kier molecular flexibility index (Phi) is 2.02. The molecule has 1 saturated carbocycles. The van der Waals surface area contributed by atoms with Crippen molar-refractivity contribution in [2.75, 3.05) is 0 Å². The molecule has 0 aliphatic heterocycles. The first-order valence-corrected chi connectivity index (χ1v) is 3.50. The third-order valence-corrected chi connectivity index (χ3v) is 1.77.